The Balaban J connectivity index is 0.00000838. The van der Waals surface area contributed by atoms with Gasteiger partial charge in [-0.3, -0.25) is 0 Å². The van der Waals surface area contributed by atoms with Gasteiger partial charge in [0.2, 0.25) is 0 Å². The number of rotatable bonds is 8. The summed E-state index contributed by atoms with van der Waals surface area (Å²) >= 11 is 0. The second-order valence-electron chi connectivity index (χ2n) is 18.5. The summed E-state index contributed by atoms with van der Waals surface area (Å²) in [4.78, 5) is 8.19. The molecule has 0 bridgehead atoms. The molecule has 0 unspecified atom stereocenters. The summed E-state index contributed by atoms with van der Waals surface area (Å²) in [5.41, 5.74) is 4.13. The average Bonchev–Trinajstić information content (AvgIpc) is 1.60. The fourth-order valence-corrected chi connectivity index (χ4v) is 8.41. The number of aromatic nitrogens is 2. The molecule has 2 aromatic heterocycles. The van der Waals surface area contributed by atoms with Crippen molar-refractivity contribution in [2.45, 2.75) is 59.2 Å². The van der Waals surface area contributed by atoms with Gasteiger partial charge < -0.3 is 19.1 Å². The van der Waals surface area contributed by atoms with Gasteiger partial charge in [-0.15, -0.1) is 48.1 Å². The van der Waals surface area contributed by atoms with Crippen molar-refractivity contribution in [2.75, 3.05) is 9.80 Å². The van der Waals surface area contributed by atoms with Crippen molar-refractivity contribution < 1.29 is 50.5 Å². The molecule has 0 atom stereocenters. The third kappa shape index (κ3) is 8.66. The normalized spacial score (nSPS) is 16.5. The summed E-state index contributed by atoms with van der Waals surface area (Å²) in [6.07, 6.45) is 1.22. The van der Waals surface area contributed by atoms with Gasteiger partial charge in [-0.05, 0) is 93.7 Å². The molecular weight excluding hydrogens is 1020 g/mol. The number of ether oxygens (including phenoxy) is 1. The van der Waals surface area contributed by atoms with E-state index < -0.39 is 96.5 Å². The van der Waals surface area contributed by atoms with Crippen LogP contribution in [0.15, 0.2) is 188 Å². The molecule has 8 aromatic carbocycles. The Hall–Kier alpha value is -7.20. The van der Waals surface area contributed by atoms with Crippen molar-refractivity contribution >= 4 is 44.6 Å². The smallest absolute Gasteiger partial charge is 0.135 e. The molecule has 69 heavy (non-hydrogen) atoms. The second-order valence-corrected chi connectivity index (χ2v) is 18.5. The number of fused-ring (bicyclic) bond motifs is 4. The first-order valence-electron chi connectivity index (χ1n) is 31.0. The van der Waals surface area contributed by atoms with Crippen LogP contribution in [0.1, 0.15) is 82.9 Å². The molecule has 0 spiro atoms. The fraction of sp³-hybridized carbons (Fsp3) is 0.143. The van der Waals surface area contributed by atoms with Crippen LogP contribution in [0.25, 0.3) is 61.0 Å². The van der Waals surface area contributed by atoms with Crippen LogP contribution >= 0.6 is 0 Å². The van der Waals surface area contributed by atoms with Crippen LogP contribution in [0.4, 0.5) is 22.7 Å². The molecule has 11 rings (SSSR count). The van der Waals surface area contributed by atoms with Crippen LogP contribution < -0.4 is 14.5 Å². The van der Waals surface area contributed by atoms with Gasteiger partial charge >= 0.3 is 0 Å². The number of hydrogen-bond acceptors (Lipinski definition) is 4. The summed E-state index contributed by atoms with van der Waals surface area (Å²) in [6.45, 7) is 12.0. The Bertz CT molecular complexity index is 4440. The molecule has 5 nitrogen and oxygen atoms in total. The molecule has 0 saturated carbocycles. The van der Waals surface area contributed by atoms with Gasteiger partial charge in [0.15, 0.2) is 0 Å². The van der Waals surface area contributed by atoms with Gasteiger partial charge in [-0.1, -0.05) is 168 Å². The molecule has 10 aromatic rings. The monoisotopic (exact) mass is 1090 g/mol. The summed E-state index contributed by atoms with van der Waals surface area (Å²) in [5, 5.41) is -0.422. The Morgan fingerprint density at radius 3 is 1.96 bits per heavy atom. The summed E-state index contributed by atoms with van der Waals surface area (Å²) < 4.78 is 167. The van der Waals surface area contributed by atoms with E-state index in [9.17, 15) is 9.60 Å². The number of hydrogen-bond donors (Lipinski definition) is 0. The van der Waals surface area contributed by atoms with Gasteiger partial charge in [-0.2, -0.15) is 12.1 Å². The van der Waals surface area contributed by atoms with Gasteiger partial charge in [0.05, 0.1) is 17.8 Å². The quantitative estimate of drug-likeness (QED) is 0.142. The SMILES string of the molecule is [2H]c1c([2H])c([2H])c(-c2cccc(-c3cc(C(C)(C)C)cc(C(C)(C)C)c3)c2N2[CH-]N(c3[c-]c(Oc4[c-]c5c(c([2H])c4[2H])c4c([2H])c(-c6c([2H])c([2H])c([2H])c([2H])c6[2H])c([2H])c([2H])c4n5-c4cc(C([2H])([2H])[2H])ccn4)ccc3)c3ccccc32)c([2H])c1[2H].[Pt]. The summed E-state index contributed by atoms with van der Waals surface area (Å²) in [6, 6.07) is 24.3. The van der Waals surface area contributed by atoms with Gasteiger partial charge in [0.1, 0.15) is 5.82 Å². The number of para-hydroxylation sites is 3. The van der Waals surface area contributed by atoms with Crippen LogP contribution in [0, 0.1) is 25.7 Å². The molecule has 344 valence electrons. The van der Waals surface area contributed by atoms with E-state index in [0.717, 1.165) is 16.7 Å². The van der Waals surface area contributed by atoms with Crippen LogP contribution in [-0.2, 0) is 31.9 Å². The summed E-state index contributed by atoms with van der Waals surface area (Å²) in [5.74, 6) is -0.456. The van der Waals surface area contributed by atoms with Crippen molar-refractivity contribution in [2.24, 2.45) is 0 Å². The average molecular weight is 1100 g/mol. The van der Waals surface area contributed by atoms with Crippen molar-refractivity contribution in [3.05, 3.63) is 223 Å². The third-order valence-corrected chi connectivity index (χ3v) is 11.9. The van der Waals surface area contributed by atoms with Crippen molar-refractivity contribution in [1.29, 1.82) is 0 Å². The molecule has 0 N–H and O–H groups in total. The number of anilines is 4. The third-order valence-electron chi connectivity index (χ3n) is 11.9. The Morgan fingerprint density at radius 2 is 1.26 bits per heavy atom. The van der Waals surface area contributed by atoms with Crippen molar-refractivity contribution in [3.63, 3.8) is 0 Å². The van der Waals surface area contributed by atoms with Gasteiger partial charge in [-0.25, -0.2) is 4.98 Å². The minimum atomic E-state index is -2.65. The van der Waals surface area contributed by atoms with Crippen LogP contribution in [0.5, 0.6) is 11.5 Å². The van der Waals surface area contributed by atoms with E-state index in [1.165, 1.54) is 22.9 Å². The van der Waals surface area contributed by atoms with E-state index in [1.807, 2.05) is 46.2 Å². The molecule has 3 heterocycles. The molecule has 1 aliphatic rings. The van der Waals surface area contributed by atoms with Gasteiger partial charge in [0, 0.05) is 77.9 Å². The van der Waals surface area contributed by atoms with E-state index in [1.54, 1.807) is 30.9 Å². The predicted molar refractivity (Wildman–Crippen MR) is 283 cm³/mol. The number of nitrogens with zero attached hydrogens (tertiary/aromatic N) is 4. The molecule has 0 fully saturated rings. The maximum Gasteiger partial charge on any atom is 0.135 e. The molecule has 1 aliphatic heterocycles. The maximum absolute atomic E-state index is 9.64. The fourth-order valence-electron chi connectivity index (χ4n) is 8.41. The molecule has 0 amide bonds. The zero-order chi connectivity index (χ0) is 62.3. The standard InChI is InChI=1S/C63H53N4O.Pt/c1-42-32-33-64-60(34-42)67-56-31-28-45(43-18-10-8-11-19-43)37-55(56)54-30-29-51(40-59(54)67)68-50-23-16-22-49(39-50)65-41-66(58-27-15-14-26-57(58)65)61-52(44-20-12-9-13-21-44)24-17-25-53(61)46-35-47(62(2,3)4)38-48(36-46)63(5,6)7;/h8-38,41H,1-7H3;/q-3;/i1D3,8D,9D,10D,11D,12D,13D,18D,19D,20D,21D,28D,29D,30D,31D,37D;. The first kappa shape index (κ1) is 29.0. The zero-order valence-electron chi connectivity index (χ0n) is 56.3. The number of benzene rings is 8. The van der Waals surface area contributed by atoms with Crippen LogP contribution in [0.3, 0.4) is 0 Å². The minimum Gasteiger partial charge on any atom is -0.509 e. The predicted octanol–water partition coefficient (Wildman–Crippen LogP) is 16.9. The second kappa shape index (κ2) is 18.0. The van der Waals surface area contributed by atoms with E-state index in [2.05, 4.69) is 76.9 Å². The van der Waals surface area contributed by atoms with E-state index >= 15 is 0 Å². The first-order chi connectivity index (χ1) is 40.3. The number of aryl methyl sites for hydroxylation is 1. The van der Waals surface area contributed by atoms with E-state index in [-0.39, 0.29) is 94.2 Å². The van der Waals surface area contributed by atoms with Gasteiger partial charge in [0.25, 0.3) is 0 Å². The molecule has 0 radical (unpaired) electrons. The molecular formula is C63H53N4OPt-3. The topological polar surface area (TPSA) is 33.5 Å². The Morgan fingerprint density at radius 1 is 0.594 bits per heavy atom. The Labute approximate surface area is 446 Å². The minimum absolute atomic E-state index is 0. The first-order valence-corrected chi connectivity index (χ1v) is 22.0. The largest absolute Gasteiger partial charge is 0.509 e. The van der Waals surface area contributed by atoms with Crippen molar-refractivity contribution in [3.8, 4) is 50.7 Å². The zero-order valence-corrected chi connectivity index (χ0v) is 40.6. The summed E-state index contributed by atoms with van der Waals surface area (Å²) in [7, 11) is 0. The van der Waals surface area contributed by atoms with Crippen molar-refractivity contribution in [1.82, 2.24) is 9.55 Å². The maximum atomic E-state index is 9.64. The number of pyridine rings is 1. The van der Waals surface area contributed by atoms with E-state index in [4.69, 9.17) is 19.8 Å². The van der Waals surface area contributed by atoms with Crippen LogP contribution in [-0.4, -0.2) is 9.55 Å². The van der Waals surface area contributed by atoms with Crippen LogP contribution in [0.2, 0.25) is 0 Å². The molecule has 0 aliphatic carbocycles. The molecule has 0 saturated heterocycles. The Kier molecular flexibility index (Phi) is 7.57. The molecule has 6 heteroatoms. The van der Waals surface area contributed by atoms with E-state index in [0.29, 0.717) is 33.9 Å².